The predicted octanol–water partition coefficient (Wildman–Crippen LogP) is 1.88. The van der Waals surface area contributed by atoms with E-state index in [-0.39, 0.29) is 17.8 Å². The molecule has 2 rings (SSSR count). The Kier molecular flexibility index (Phi) is 5.69. The van der Waals surface area contributed by atoms with Crippen LogP contribution in [0.1, 0.15) is 5.56 Å². The molecule has 0 aliphatic rings. The van der Waals surface area contributed by atoms with Gasteiger partial charge in [0, 0.05) is 22.8 Å². The van der Waals surface area contributed by atoms with Crippen molar-refractivity contribution in [2.75, 3.05) is 11.9 Å². The number of nitro benzene ring substituents is 1. The van der Waals surface area contributed by atoms with E-state index in [2.05, 4.69) is 15.8 Å². The third-order valence-electron chi connectivity index (χ3n) is 2.89. The van der Waals surface area contributed by atoms with Gasteiger partial charge in [0.05, 0.1) is 17.7 Å². The average Bonchev–Trinajstić information content (AvgIpc) is 2.56. The average molecular weight is 348 g/mol. The van der Waals surface area contributed by atoms with Crippen LogP contribution in [-0.2, 0) is 4.79 Å². The maximum atomic E-state index is 11.6. The zero-order chi connectivity index (χ0) is 17.5. The van der Waals surface area contributed by atoms with E-state index in [1.54, 1.807) is 24.3 Å². The summed E-state index contributed by atoms with van der Waals surface area (Å²) in [7, 11) is 0. The molecular formula is C15H12ClN4O4-. The highest BCUT2D eigenvalue weighted by Gasteiger charge is 2.05. The second-order valence-corrected chi connectivity index (χ2v) is 5.07. The van der Waals surface area contributed by atoms with Gasteiger partial charge in [-0.1, -0.05) is 23.4 Å². The fourth-order valence-electron chi connectivity index (χ4n) is 1.71. The number of hydrazone groups is 1. The Balaban J connectivity index is 1.89. The lowest BCUT2D eigenvalue weighted by molar-refractivity contribution is -0.385. The number of rotatable bonds is 6. The van der Waals surface area contributed by atoms with Crippen LogP contribution in [0.2, 0.25) is 5.02 Å². The lowest BCUT2D eigenvalue weighted by atomic mass is 10.2. The number of benzene rings is 2. The minimum absolute atomic E-state index is 0.00941. The Morgan fingerprint density at radius 1 is 1.25 bits per heavy atom. The summed E-state index contributed by atoms with van der Waals surface area (Å²) >= 11 is 5.75. The van der Waals surface area contributed by atoms with Crippen molar-refractivity contribution < 1.29 is 14.8 Å². The van der Waals surface area contributed by atoms with Crippen LogP contribution < -0.4 is 15.8 Å². The first kappa shape index (κ1) is 17.2. The molecule has 9 heteroatoms. The smallest absolute Gasteiger partial charge is 0.270 e. The summed E-state index contributed by atoms with van der Waals surface area (Å²) in [6, 6.07) is 10.1. The van der Waals surface area contributed by atoms with E-state index in [0.717, 1.165) is 24.4 Å². The quantitative estimate of drug-likeness (QED) is 0.469. The second kappa shape index (κ2) is 7.93. The van der Waals surface area contributed by atoms with Crippen molar-refractivity contribution in [1.82, 2.24) is 5.43 Å². The summed E-state index contributed by atoms with van der Waals surface area (Å²) < 4.78 is 0. The Morgan fingerprint density at radius 2 is 1.96 bits per heavy atom. The largest absolute Gasteiger partial charge is 0.872 e. The zero-order valence-corrected chi connectivity index (χ0v) is 13.0. The number of carbonyl (C=O) groups is 1. The van der Waals surface area contributed by atoms with Gasteiger partial charge in [-0.2, -0.15) is 5.10 Å². The van der Waals surface area contributed by atoms with E-state index in [1.165, 1.54) is 0 Å². The molecule has 1 amide bonds. The number of non-ortho nitro benzene ring substituents is 1. The topological polar surface area (TPSA) is 120 Å². The number of hydrogen-bond donors (Lipinski definition) is 2. The predicted molar refractivity (Wildman–Crippen MR) is 88.2 cm³/mol. The Bertz CT molecular complexity index is 778. The number of anilines is 1. The maximum absolute atomic E-state index is 11.6. The van der Waals surface area contributed by atoms with Gasteiger partial charge in [-0.15, -0.1) is 0 Å². The number of nitrogens with zero attached hydrogens (tertiary/aromatic N) is 2. The first-order valence-electron chi connectivity index (χ1n) is 6.72. The molecule has 24 heavy (non-hydrogen) atoms. The number of amides is 1. The van der Waals surface area contributed by atoms with E-state index < -0.39 is 16.6 Å². The van der Waals surface area contributed by atoms with Crippen molar-refractivity contribution in [1.29, 1.82) is 0 Å². The van der Waals surface area contributed by atoms with E-state index >= 15 is 0 Å². The molecule has 0 aromatic heterocycles. The third kappa shape index (κ3) is 4.96. The number of halogens is 1. The molecule has 0 atom stereocenters. The van der Waals surface area contributed by atoms with Crippen LogP contribution in [0.5, 0.6) is 5.75 Å². The fourth-order valence-corrected chi connectivity index (χ4v) is 1.84. The SMILES string of the molecule is O=C(CNc1ccc(Cl)cc1)N/N=C\c1cc([N+](=O)[O-])ccc1[O-]. The molecule has 0 aliphatic carbocycles. The highest BCUT2D eigenvalue weighted by atomic mass is 35.5. The minimum Gasteiger partial charge on any atom is -0.872 e. The van der Waals surface area contributed by atoms with Gasteiger partial charge in [0.15, 0.2) is 0 Å². The summed E-state index contributed by atoms with van der Waals surface area (Å²) in [5.41, 5.74) is 2.71. The summed E-state index contributed by atoms with van der Waals surface area (Å²) in [4.78, 5) is 21.7. The van der Waals surface area contributed by atoms with Gasteiger partial charge in [0.25, 0.3) is 11.6 Å². The van der Waals surface area contributed by atoms with Crippen LogP contribution >= 0.6 is 11.6 Å². The zero-order valence-electron chi connectivity index (χ0n) is 12.2. The molecule has 0 aliphatic heterocycles. The summed E-state index contributed by atoms with van der Waals surface area (Å²) in [6.45, 7) is -0.0435. The monoisotopic (exact) mass is 347 g/mol. The summed E-state index contributed by atoms with van der Waals surface area (Å²) in [6.07, 6.45) is 1.07. The van der Waals surface area contributed by atoms with Gasteiger partial charge in [-0.25, -0.2) is 5.43 Å². The molecule has 0 saturated heterocycles. The van der Waals surface area contributed by atoms with Crippen LogP contribution in [0.3, 0.4) is 0 Å². The van der Waals surface area contributed by atoms with Gasteiger partial charge >= 0.3 is 0 Å². The van der Waals surface area contributed by atoms with Gasteiger partial charge in [0.2, 0.25) is 0 Å². The lowest BCUT2D eigenvalue weighted by Gasteiger charge is -2.08. The Morgan fingerprint density at radius 3 is 2.62 bits per heavy atom. The van der Waals surface area contributed by atoms with Gasteiger partial charge < -0.3 is 10.4 Å². The molecular weight excluding hydrogens is 336 g/mol. The third-order valence-corrected chi connectivity index (χ3v) is 3.15. The van der Waals surface area contributed by atoms with Crippen molar-refractivity contribution >= 4 is 35.1 Å². The van der Waals surface area contributed by atoms with Crippen molar-refractivity contribution in [3.8, 4) is 5.75 Å². The lowest BCUT2D eigenvalue weighted by Crippen LogP contribution is -2.25. The Labute approximate surface area is 141 Å². The molecule has 0 radical (unpaired) electrons. The number of carbonyl (C=O) groups excluding carboxylic acids is 1. The van der Waals surface area contributed by atoms with Crippen molar-refractivity contribution in [2.24, 2.45) is 5.10 Å². The number of nitro groups is 1. The first-order valence-corrected chi connectivity index (χ1v) is 7.10. The number of hydrogen-bond acceptors (Lipinski definition) is 6. The van der Waals surface area contributed by atoms with Gasteiger partial charge in [-0.05, 0) is 29.8 Å². The molecule has 2 aromatic carbocycles. The molecule has 0 heterocycles. The molecule has 0 fully saturated rings. The van der Waals surface area contributed by atoms with Crippen LogP contribution in [0.4, 0.5) is 11.4 Å². The molecule has 0 spiro atoms. The second-order valence-electron chi connectivity index (χ2n) is 4.63. The van der Waals surface area contributed by atoms with E-state index in [1.807, 2.05) is 0 Å². The van der Waals surface area contributed by atoms with Crippen molar-refractivity contribution in [2.45, 2.75) is 0 Å². The molecule has 2 N–H and O–H groups in total. The fraction of sp³-hybridized carbons (Fsp3) is 0.0667. The minimum atomic E-state index is -0.620. The van der Waals surface area contributed by atoms with Crippen LogP contribution in [0.15, 0.2) is 47.6 Å². The molecule has 0 saturated carbocycles. The molecule has 124 valence electrons. The van der Waals surface area contributed by atoms with Crippen LogP contribution in [-0.4, -0.2) is 23.6 Å². The van der Waals surface area contributed by atoms with Crippen LogP contribution in [0.25, 0.3) is 0 Å². The van der Waals surface area contributed by atoms with Gasteiger partial charge in [0.1, 0.15) is 0 Å². The summed E-state index contributed by atoms with van der Waals surface area (Å²) in [5, 5.41) is 29.3. The molecule has 2 aromatic rings. The van der Waals surface area contributed by atoms with Crippen molar-refractivity contribution in [3.63, 3.8) is 0 Å². The van der Waals surface area contributed by atoms with Gasteiger partial charge in [-0.3, -0.25) is 14.9 Å². The van der Waals surface area contributed by atoms with Crippen LogP contribution in [0, 0.1) is 10.1 Å². The Hall–Kier alpha value is -3.13. The first-order chi connectivity index (χ1) is 11.5. The standard InChI is InChI=1S/C15H13ClN4O4/c16-11-1-3-12(4-2-11)17-9-15(22)19-18-8-10-7-13(20(23)24)5-6-14(10)21/h1-8,17,21H,9H2,(H,19,22)/p-1/b18-8-. The van der Waals surface area contributed by atoms with E-state index in [0.29, 0.717) is 10.7 Å². The summed E-state index contributed by atoms with van der Waals surface area (Å²) in [5.74, 6) is -0.878. The molecule has 0 bridgehead atoms. The molecule has 0 unspecified atom stereocenters. The maximum Gasteiger partial charge on any atom is 0.270 e. The van der Waals surface area contributed by atoms with E-state index in [4.69, 9.17) is 11.6 Å². The highest BCUT2D eigenvalue weighted by molar-refractivity contribution is 6.30. The van der Waals surface area contributed by atoms with Crippen molar-refractivity contribution in [3.05, 3.63) is 63.2 Å². The van der Waals surface area contributed by atoms with E-state index in [9.17, 15) is 20.0 Å². The highest BCUT2D eigenvalue weighted by Crippen LogP contribution is 2.19. The normalized spacial score (nSPS) is 10.5. The molecule has 8 nitrogen and oxygen atoms in total. The number of nitrogens with one attached hydrogen (secondary N) is 2.